The summed E-state index contributed by atoms with van der Waals surface area (Å²) in [4.78, 5) is 23.6. The second-order valence-electron chi connectivity index (χ2n) is 5.88. The van der Waals surface area contributed by atoms with Gasteiger partial charge >= 0.3 is 0 Å². The van der Waals surface area contributed by atoms with Crippen molar-refractivity contribution in [2.24, 2.45) is 0 Å². The SMILES string of the molecule is COc1ccc(OC)c(NC(=O)c2cnc(N3CCCC3)nc2C)c1. The van der Waals surface area contributed by atoms with Gasteiger partial charge in [0.05, 0.1) is 31.2 Å². The number of nitrogens with zero attached hydrogens (tertiary/aromatic N) is 3. The average Bonchev–Trinajstić information content (AvgIpc) is 3.16. The quantitative estimate of drug-likeness (QED) is 0.900. The molecule has 1 amide bonds. The number of carbonyl (C=O) groups excluding carboxylic acids is 1. The number of hydrogen-bond donors (Lipinski definition) is 1. The molecule has 1 aliphatic rings. The van der Waals surface area contributed by atoms with E-state index >= 15 is 0 Å². The monoisotopic (exact) mass is 342 g/mol. The molecule has 0 radical (unpaired) electrons. The fraction of sp³-hybridized carbons (Fsp3) is 0.389. The van der Waals surface area contributed by atoms with Crippen LogP contribution in [-0.2, 0) is 0 Å². The number of aryl methyl sites for hydroxylation is 1. The van der Waals surface area contributed by atoms with E-state index in [4.69, 9.17) is 9.47 Å². The Morgan fingerprint density at radius 1 is 1.20 bits per heavy atom. The molecule has 1 N–H and O–H groups in total. The molecule has 7 heteroatoms. The van der Waals surface area contributed by atoms with Crippen molar-refractivity contribution in [3.8, 4) is 11.5 Å². The predicted molar refractivity (Wildman–Crippen MR) is 95.7 cm³/mol. The third-order valence-corrected chi connectivity index (χ3v) is 4.25. The molecule has 0 spiro atoms. The number of carbonyl (C=O) groups is 1. The number of amides is 1. The Morgan fingerprint density at radius 2 is 1.96 bits per heavy atom. The fourth-order valence-electron chi connectivity index (χ4n) is 2.85. The largest absolute Gasteiger partial charge is 0.497 e. The van der Waals surface area contributed by atoms with Crippen LogP contribution >= 0.6 is 0 Å². The lowest BCUT2D eigenvalue weighted by Gasteiger charge is -2.16. The molecule has 132 valence electrons. The summed E-state index contributed by atoms with van der Waals surface area (Å²) in [5.74, 6) is 1.59. The van der Waals surface area contributed by atoms with Crippen molar-refractivity contribution in [3.63, 3.8) is 0 Å². The third kappa shape index (κ3) is 3.65. The van der Waals surface area contributed by atoms with Gasteiger partial charge in [0.2, 0.25) is 5.95 Å². The summed E-state index contributed by atoms with van der Waals surface area (Å²) in [6.07, 6.45) is 3.89. The van der Waals surface area contributed by atoms with Gasteiger partial charge in [-0.05, 0) is 31.9 Å². The highest BCUT2D eigenvalue weighted by Crippen LogP contribution is 2.29. The lowest BCUT2D eigenvalue weighted by Crippen LogP contribution is -2.22. The van der Waals surface area contributed by atoms with Gasteiger partial charge in [0.1, 0.15) is 11.5 Å². The summed E-state index contributed by atoms with van der Waals surface area (Å²) in [7, 11) is 3.12. The van der Waals surface area contributed by atoms with Crippen LogP contribution < -0.4 is 19.7 Å². The first kappa shape index (κ1) is 17.0. The summed E-state index contributed by atoms with van der Waals surface area (Å²) in [5, 5.41) is 2.84. The van der Waals surface area contributed by atoms with Gasteiger partial charge in [-0.3, -0.25) is 4.79 Å². The van der Waals surface area contributed by atoms with Crippen LogP contribution in [0.25, 0.3) is 0 Å². The minimum Gasteiger partial charge on any atom is -0.497 e. The molecule has 2 heterocycles. The molecular formula is C18H22N4O3. The number of anilines is 2. The summed E-state index contributed by atoms with van der Waals surface area (Å²) in [6, 6.07) is 5.23. The zero-order valence-electron chi connectivity index (χ0n) is 14.7. The Balaban J connectivity index is 1.81. The smallest absolute Gasteiger partial charge is 0.259 e. The van der Waals surface area contributed by atoms with Gasteiger partial charge in [0.15, 0.2) is 0 Å². The van der Waals surface area contributed by atoms with Crippen LogP contribution in [0.5, 0.6) is 11.5 Å². The molecule has 7 nitrogen and oxygen atoms in total. The zero-order chi connectivity index (χ0) is 17.8. The van der Waals surface area contributed by atoms with Crippen molar-refractivity contribution in [1.82, 2.24) is 9.97 Å². The van der Waals surface area contributed by atoms with E-state index < -0.39 is 0 Å². The van der Waals surface area contributed by atoms with Crippen molar-refractivity contribution < 1.29 is 14.3 Å². The van der Waals surface area contributed by atoms with E-state index in [2.05, 4.69) is 20.2 Å². The molecule has 25 heavy (non-hydrogen) atoms. The topological polar surface area (TPSA) is 76.6 Å². The standard InChI is InChI=1S/C18H22N4O3/c1-12-14(11-19-18(20-12)22-8-4-5-9-22)17(23)21-15-10-13(24-2)6-7-16(15)25-3/h6-7,10-11H,4-5,8-9H2,1-3H3,(H,21,23). The van der Waals surface area contributed by atoms with Crippen LogP contribution in [0.2, 0.25) is 0 Å². The van der Waals surface area contributed by atoms with Gasteiger partial charge in [-0.25, -0.2) is 9.97 Å². The van der Waals surface area contributed by atoms with Gasteiger partial charge in [-0.2, -0.15) is 0 Å². The van der Waals surface area contributed by atoms with Gasteiger partial charge in [0.25, 0.3) is 5.91 Å². The van der Waals surface area contributed by atoms with Crippen LogP contribution in [0, 0.1) is 6.92 Å². The maximum Gasteiger partial charge on any atom is 0.259 e. The molecule has 0 bridgehead atoms. The molecule has 2 aromatic rings. The van der Waals surface area contributed by atoms with Crippen LogP contribution in [0.3, 0.4) is 0 Å². The lowest BCUT2D eigenvalue weighted by atomic mass is 10.2. The molecule has 0 aliphatic carbocycles. The molecule has 0 saturated carbocycles. The Kier molecular flexibility index (Phi) is 5.02. The molecule has 1 fully saturated rings. The summed E-state index contributed by atoms with van der Waals surface area (Å²) >= 11 is 0. The Bertz CT molecular complexity index is 773. The predicted octanol–water partition coefficient (Wildman–Crippen LogP) is 2.65. The summed E-state index contributed by atoms with van der Waals surface area (Å²) < 4.78 is 10.5. The number of ether oxygens (including phenoxy) is 2. The van der Waals surface area contributed by atoms with Crippen LogP contribution in [0.1, 0.15) is 28.9 Å². The van der Waals surface area contributed by atoms with E-state index in [-0.39, 0.29) is 5.91 Å². The molecule has 1 saturated heterocycles. The number of benzene rings is 1. The van der Waals surface area contributed by atoms with E-state index in [1.54, 1.807) is 38.6 Å². The van der Waals surface area contributed by atoms with Gasteiger partial charge < -0.3 is 19.7 Å². The van der Waals surface area contributed by atoms with Gasteiger partial charge in [-0.1, -0.05) is 0 Å². The van der Waals surface area contributed by atoms with E-state index in [9.17, 15) is 4.79 Å². The van der Waals surface area contributed by atoms with Crippen LogP contribution in [0.4, 0.5) is 11.6 Å². The minimum atomic E-state index is -0.281. The van der Waals surface area contributed by atoms with Crippen LogP contribution in [-0.4, -0.2) is 43.2 Å². The highest BCUT2D eigenvalue weighted by molar-refractivity contribution is 6.05. The third-order valence-electron chi connectivity index (χ3n) is 4.25. The van der Waals surface area contributed by atoms with E-state index in [1.165, 1.54) is 0 Å². The normalized spacial score (nSPS) is 13.6. The Morgan fingerprint density at radius 3 is 2.60 bits per heavy atom. The van der Waals surface area contributed by atoms with Gasteiger partial charge in [-0.15, -0.1) is 0 Å². The first-order valence-corrected chi connectivity index (χ1v) is 8.24. The van der Waals surface area contributed by atoms with Gasteiger partial charge in [0, 0.05) is 25.4 Å². The molecule has 1 aromatic carbocycles. The lowest BCUT2D eigenvalue weighted by molar-refractivity contribution is 0.102. The molecule has 1 aliphatic heterocycles. The second-order valence-corrected chi connectivity index (χ2v) is 5.88. The summed E-state index contributed by atoms with van der Waals surface area (Å²) in [5.41, 5.74) is 1.62. The molecule has 3 rings (SSSR count). The van der Waals surface area contributed by atoms with Crippen LogP contribution in [0.15, 0.2) is 24.4 Å². The molecule has 0 unspecified atom stereocenters. The first-order chi connectivity index (χ1) is 12.1. The minimum absolute atomic E-state index is 0.281. The first-order valence-electron chi connectivity index (χ1n) is 8.24. The Hall–Kier alpha value is -2.83. The highest BCUT2D eigenvalue weighted by Gasteiger charge is 2.19. The number of rotatable bonds is 5. The maximum atomic E-state index is 12.6. The number of hydrogen-bond acceptors (Lipinski definition) is 6. The number of nitrogens with one attached hydrogen (secondary N) is 1. The molecule has 1 aromatic heterocycles. The van der Waals surface area contributed by atoms with Crippen molar-refractivity contribution in [3.05, 3.63) is 35.7 Å². The fourth-order valence-corrected chi connectivity index (χ4v) is 2.85. The molecule has 0 atom stereocenters. The van der Waals surface area contributed by atoms with E-state index in [0.29, 0.717) is 34.4 Å². The van der Waals surface area contributed by atoms with Crippen molar-refractivity contribution >= 4 is 17.5 Å². The highest BCUT2D eigenvalue weighted by atomic mass is 16.5. The molecular weight excluding hydrogens is 320 g/mol. The average molecular weight is 342 g/mol. The number of aromatic nitrogens is 2. The van der Waals surface area contributed by atoms with Crippen molar-refractivity contribution in [2.45, 2.75) is 19.8 Å². The van der Waals surface area contributed by atoms with E-state index in [0.717, 1.165) is 25.9 Å². The summed E-state index contributed by atoms with van der Waals surface area (Å²) in [6.45, 7) is 3.75. The Labute approximate surface area is 147 Å². The maximum absolute atomic E-state index is 12.6. The van der Waals surface area contributed by atoms with Crippen molar-refractivity contribution in [2.75, 3.05) is 37.5 Å². The van der Waals surface area contributed by atoms with E-state index in [1.807, 2.05) is 6.92 Å². The van der Waals surface area contributed by atoms with Crippen molar-refractivity contribution in [1.29, 1.82) is 0 Å². The number of methoxy groups -OCH3 is 2. The zero-order valence-corrected chi connectivity index (χ0v) is 14.7. The second kappa shape index (κ2) is 7.38.